The molecule has 0 saturated carbocycles. The van der Waals surface area contributed by atoms with E-state index in [9.17, 15) is 18.8 Å². The van der Waals surface area contributed by atoms with E-state index in [4.69, 9.17) is 4.74 Å². The van der Waals surface area contributed by atoms with Crippen LogP contribution in [-0.4, -0.2) is 29.9 Å². The molecule has 2 fully saturated rings. The third kappa shape index (κ3) is 3.06. The first-order valence-electron chi connectivity index (χ1n) is 10.1. The molecule has 30 heavy (non-hydrogen) atoms. The van der Waals surface area contributed by atoms with Crippen LogP contribution in [0, 0.1) is 17.7 Å². The van der Waals surface area contributed by atoms with Gasteiger partial charge in [0.1, 0.15) is 11.4 Å². The summed E-state index contributed by atoms with van der Waals surface area (Å²) in [5, 5.41) is 5.24. The Labute approximate surface area is 178 Å². The van der Waals surface area contributed by atoms with Crippen LogP contribution >= 0.6 is 11.3 Å². The van der Waals surface area contributed by atoms with Gasteiger partial charge < -0.3 is 4.74 Å². The fourth-order valence-corrected chi connectivity index (χ4v) is 5.56. The van der Waals surface area contributed by atoms with Gasteiger partial charge in [-0.25, -0.2) is 9.29 Å². The highest BCUT2D eigenvalue weighted by molar-refractivity contribution is 7.10. The number of imide groups is 1. The Morgan fingerprint density at radius 2 is 1.93 bits per heavy atom. The predicted octanol–water partition coefficient (Wildman–Crippen LogP) is 3.44. The number of ether oxygens (including phenoxy) is 1. The number of esters is 1. The summed E-state index contributed by atoms with van der Waals surface area (Å²) in [6, 6.07) is 8.53. The summed E-state index contributed by atoms with van der Waals surface area (Å²) >= 11 is 1.47. The van der Waals surface area contributed by atoms with Gasteiger partial charge in [0.15, 0.2) is 0 Å². The minimum Gasteiger partial charge on any atom is -0.465 e. The minimum atomic E-state index is -1.29. The van der Waals surface area contributed by atoms with Gasteiger partial charge in [0.05, 0.1) is 30.2 Å². The molecule has 6 nitrogen and oxygen atoms in total. The van der Waals surface area contributed by atoms with E-state index in [1.165, 1.54) is 35.6 Å². The maximum Gasteiger partial charge on any atom is 0.327 e. The molecule has 0 aliphatic carbocycles. The number of carbonyl (C=O) groups excluding carboxylic acids is 3. The van der Waals surface area contributed by atoms with Crippen molar-refractivity contribution in [3.05, 3.63) is 52.5 Å². The van der Waals surface area contributed by atoms with Crippen molar-refractivity contribution in [2.75, 3.05) is 11.5 Å². The van der Waals surface area contributed by atoms with Gasteiger partial charge in [-0.2, -0.15) is 0 Å². The first-order chi connectivity index (χ1) is 14.4. The lowest BCUT2D eigenvalue weighted by Gasteiger charge is -2.32. The molecule has 0 spiro atoms. The van der Waals surface area contributed by atoms with Gasteiger partial charge >= 0.3 is 5.97 Å². The number of carbonyl (C=O) groups is 3. The Balaban J connectivity index is 1.84. The lowest BCUT2D eigenvalue weighted by Crippen LogP contribution is -2.56. The van der Waals surface area contributed by atoms with Gasteiger partial charge in [-0.15, -0.1) is 11.3 Å². The number of anilines is 1. The molecule has 2 aliphatic heterocycles. The van der Waals surface area contributed by atoms with Crippen LogP contribution in [0.2, 0.25) is 0 Å². The average molecular weight is 431 g/mol. The highest BCUT2D eigenvalue weighted by Crippen LogP contribution is 2.52. The molecular formula is C22H23FN2O4S. The molecule has 0 unspecified atom stereocenters. The van der Waals surface area contributed by atoms with Crippen molar-refractivity contribution in [2.24, 2.45) is 11.8 Å². The summed E-state index contributed by atoms with van der Waals surface area (Å²) in [5.74, 6) is -3.43. The Hall–Kier alpha value is -2.58. The van der Waals surface area contributed by atoms with Crippen LogP contribution in [0.15, 0.2) is 41.8 Å². The highest BCUT2D eigenvalue weighted by atomic mass is 32.1. The van der Waals surface area contributed by atoms with Crippen molar-refractivity contribution < 1.29 is 23.5 Å². The zero-order valence-electron chi connectivity index (χ0n) is 16.8. The van der Waals surface area contributed by atoms with Crippen molar-refractivity contribution in [3.8, 4) is 0 Å². The molecule has 2 aliphatic rings. The van der Waals surface area contributed by atoms with Gasteiger partial charge in [0, 0.05) is 4.88 Å². The zero-order chi connectivity index (χ0) is 21.5. The van der Waals surface area contributed by atoms with E-state index < -0.39 is 41.1 Å². The van der Waals surface area contributed by atoms with Crippen LogP contribution in [0.25, 0.3) is 0 Å². The summed E-state index contributed by atoms with van der Waals surface area (Å²) in [4.78, 5) is 42.2. The van der Waals surface area contributed by atoms with Crippen LogP contribution in [0.4, 0.5) is 10.1 Å². The van der Waals surface area contributed by atoms with E-state index in [0.717, 1.165) is 9.78 Å². The molecule has 1 aromatic heterocycles. The Kier molecular flexibility index (Phi) is 5.46. The number of nitrogens with zero attached hydrogens (tertiary/aromatic N) is 1. The molecule has 2 aromatic rings. The first-order valence-corrected chi connectivity index (χ1v) is 10.9. The summed E-state index contributed by atoms with van der Waals surface area (Å²) in [5.41, 5.74) is -0.981. The van der Waals surface area contributed by atoms with E-state index >= 15 is 0 Å². The van der Waals surface area contributed by atoms with Crippen LogP contribution < -0.4 is 10.2 Å². The second-order valence-electron chi connectivity index (χ2n) is 7.57. The molecular weight excluding hydrogens is 407 g/mol. The number of thiophene rings is 1. The van der Waals surface area contributed by atoms with Crippen molar-refractivity contribution in [1.82, 2.24) is 5.32 Å². The molecule has 1 N–H and O–H groups in total. The van der Waals surface area contributed by atoms with Crippen LogP contribution in [0.5, 0.6) is 0 Å². The minimum absolute atomic E-state index is 0.177. The summed E-state index contributed by atoms with van der Waals surface area (Å²) < 4.78 is 18.8. The van der Waals surface area contributed by atoms with Crippen molar-refractivity contribution in [3.63, 3.8) is 0 Å². The number of hydrogen-bond donors (Lipinski definition) is 1. The molecule has 8 heteroatoms. The topological polar surface area (TPSA) is 75.7 Å². The number of amides is 2. The van der Waals surface area contributed by atoms with Gasteiger partial charge in [-0.05, 0) is 49.1 Å². The second-order valence-corrected chi connectivity index (χ2v) is 8.55. The number of benzene rings is 1. The first kappa shape index (κ1) is 20.7. The third-order valence-electron chi connectivity index (χ3n) is 5.87. The molecule has 0 bridgehead atoms. The number of fused-ring (bicyclic) bond motifs is 1. The molecule has 4 rings (SSSR count). The largest absolute Gasteiger partial charge is 0.465 e. The highest BCUT2D eigenvalue weighted by Gasteiger charge is 2.68. The molecule has 4 atom stereocenters. The number of rotatable bonds is 6. The molecule has 3 heterocycles. The van der Waals surface area contributed by atoms with Crippen LogP contribution in [-0.2, 0) is 19.1 Å². The fraction of sp³-hybridized carbons (Fsp3) is 0.409. The molecule has 1 aromatic carbocycles. The molecule has 158 valence electrons. The number of halogens is 1. The third-order valence-corrected chi connectivity index (χ3v) is 6.83. The summed E-state index contributed by atoms with van der Waals surface area (Å²) in [6.45, 7) is 3.82. The van der Waals surface area contributed by atoms with Crippen LogP contribution in [0.3, 0.4) is 0 Å². The van der Waals surface area contributed by atoms with Gasteiger partial charge in [0.25, 0.3) is 0 Å². The van der Waals surface area contributed by atoms with E-state index in [1.807, 2.05) is 24.4 Å². The monoisotopic (exact) mass is 430 g/mol. The normalized spacial score (nSPS) is 28.1. The fourth-order valence-electron chi connectivity index (χ4n) is 4.73. The van der Waals surface area contributed by atoms with E-state index in [2.05, 4.69) is 5.32 Å². The Morgan fingerprint density at radius 3 is 2.53 bits per heavy atom. The number of hydrogen-bond acceptors (Lipinski definition) is 6. The quantitative estimate of drug-likeness (QED) is 0.561. The summed E-state index contributed by atoms with van der Waals surface area (Å²) in [6.07, 6.45) is 0.995. The molecule has 0 radical (unpaired) electrons. The lowest BCUT2D eigenvalue weighted by molar-refractivity contribution is -0.155. The smallest absolute Gasteiger partial charge is 0.327 e. The predicted molar refractivity (Wildman–Crippen MR) is 110 cm³/mol. The van der Waals surface area contributed by atoms with Crippen LogP contribution in [0.1, 0.15) is 37.6 Å². The average Bonchev–Trinajstić information content (AvgIpc) is 3.41. The lowest BCUT2D eigenvalue weighted by atomic mass is 9.77. The molecule has 2 saturated heterocycles. The van der Waals surface area contributed by atoms with E-state index in [1.54, 1.807) is 6.92 Å². The standard InChI is InChI=1S/C22H23FN2O4S/c1-3-11-22(21(28)29-4-2)17-16(18(24-22)15-6-5-12-30-15)19(26)25(20(17)27)14-9-7-13(23)8-10-14/h5-10,12,16-18,24H,3-4,11H2,1-2H3/t16-,17-,18+,22-/m0/s1. The van der Waals surface area contributed by atoms with Crippen molar-refractivity contribution in [1.29, 1.82) is 0 Å². The van der Waals surface area contributed by atoms with Crippen molar-refractivity contribution in [2.45, 2.75) is 38.3 Å². The maximum atomic E-state index is 13.6. The zero-order valence-corrected chi connectivity index (χ0v) is 17.6. The maximum absolute atomic E-state index is 13.6. The van der Waals surface area contributed by atoms with Crippen molar-refractivity contribution >= 4 is 34.8 Å². The molecule has 2 amide bonds. The van der Waals surface area contributed by atoms with E-state index in [0.29, 0.717) is 18.5 Å². The second kappa shape index (κ2) is 7.92. The summed E-state index contributed by atoms with van der Waals surface area (Å²) in [7, 11) is 0. The Morgan fingerprint density at radius 1 is 1.20 bits per heavy atom. The van der Waals surface area contributed by atoms with Gasteiger partial charge in [-0.1, -0.05) is 19.4 Å². The number of nitrogens with one attached hydrogen (secondary N) is 1. The van der Waals surface area contributed by atoms with E-state index in [-0.39, 0.29) is 12.5 Å². The van der Waals surface area contributed by atoms with Gasteiger partial charge in [-0.3, -0.25) is 19.7 Å². The SMILES string of the molecule is CCC[C@]1(C(=O)OCC)N[C@H](c2cccs2)[C@H]2C(=O)N(c3ccc(F)cc3)C(=O)[C@H]21. The van der Waals surface area contributed by atoms with Gasteiger partial charge in [0.2, 0.25) is 11.8 Å². The Bertz CT molecular complexity index is 962.